The van der Waals surface area contributed by atoms with E-state index in [-0.39, 0.29) is 0 Å². The lowest BCUT2D eigenvalue weighted by Gasteiger charge is -2.16. The predicted molar refractivity (Wildman–Crippen MR) is 54.6 cm³/mol. The molecule has 1 saturated carbocycles. The molecule has 0 unspecified atom stereocenters. The van der Waals surface area contributed by atoms with Crippen molar-refractivity contribution in [2.24, 2.45) is 0 Å². The fraction of sp³-hybridized carbons (Fsp3) is 0.455. The molecule has 2 aliphatic rings. The molecule has 0 aliphatic heterocycles. The molecule has 2 aliphatic carbocycles. The minimum atomic E-state index is 0.756. The standard InChI is InChI=1S/C11H14N2/c12-10-4-8-6-1-2-7(3-6)9(8)5-11(10)13/h4-7H,1-3,12-13H2/t6-,7-/m0/s1. The van der Waals surface area contributed by atoms with Gasteiger partial charge in [0.2, 0.25) is 0 Å². The SMILES string of the molecule is Nc1cc2c(cc1N)[C@H]1CC[C@H]2C1. The van der Waals surface area contributed by atoms with Crippen molar-refractivity contribution in [1.82, 2.24) is 0 Å². The number of fused-ring (bicyclic) bond motifs is 5. The summed E-state index contributed by atoms with van der Waals surface area (Å²) in [6.45, 7) is 0. The molecule has 0 amide bonds. The van der Waals surface area contributed by atoms with Crippen LogP contribution in [0.4, 0.5) is 11.4 Å². The molecule has 0 aromatic heterocycles. The van der Waals surface area contributed by atoms with E-state index in [4.69, 9.17) is 11.5 Å². The Morgan fingerprint density at radius 2 is 1.38 bits per heavy atom. The average Bonchev–Trinajstić information content (AvgIpc) is 2.67. The van der Waals surface area contributed by atoms with Gasteiger partial charge in [0.1, 0.15) is 0 Å². The summed E-state index contributed by atoms with van der Waals surface area (Å²) in [5.41, 5.74) is 16.1. The van der Waals surface area contributed by atoms with E-state index in [0.29, 0.717) is 0 Å². The third-order valence-corrected chi connectivity index (χ3v) is 3.60. The summed E-state index contributed by atoms with van der Waals surface area (Å²) < 4.78 is 0. The summed E-state index contributed by atoms with van der Waals surface area (Å²) in [5.74, 6) is 1.56. The van der Waals surface area contributed by atoms with Crippen LogP contribution in [0.5, 0.6) is 0 Å². The van der Waals surface area contributed by atoms with Gasteiger partial charge in [0.15, 0.2) is 0 Å². The molecule has 3 rings (SSSR count). The first kappa shape index (κ1) is 7.25. The van der Waals surface area contributed by atoms with Gasteiger partial charge in [-0.2, -0.15) is 0 Å². The summed E-state index contributed by atoms with van der Waals surface area (Å²) in [7, 11) is 0. The topological polar surface area (TPSA) is 52.0 Å². The summed E-state index contributed by atoms with van der Waals surface area (Å²) >= 11 is 0. The van der Waals surface area contributed by atoms with Gasteiger partial charge >= 0.3 is 0 Å². The van der Waals surface area contributed by atoms with Crippen molar-refractivity contribution in [2.45, 2.75) is 31.1 Å². The molecule has 1 fully saturated rings. The molecule has 2 bridgehead atoms. The maximum atomic E-state index is 5.80. The van der Waals surface area contributed by atoms with Gasteiger partial charge < -0.3 is 11.5 Å². The first-order chi connectivity index (χ1) is 6.25. The molecule has 2 nitrogen and oxygen atoms in total. The number of rotatable bonds is 0. The number of hydrogen-bond acceptors (Lipinski definition) is 2. The highest BCUT2D eigenvalue weighted by Crippen LogP contribution is 2.54. The molecule has 1 aromatic rings. The van der Waals surface area contributed by atoms with Crippen molar-refractivity contribution < 1.29 is 0 Å². The van der Waals surface area contributed by atoms with E-state index in [1.54, 1.807) is 0 Å². The van der Waals surface area contributed by atoms with Crippen LogP contribution in [0, 0.1) is 0 Å². The second kappa shape index (κ2) is 2.19. The maximum absolute atomic E-state index is 5.80. The van der Waals surface area contributed by atoms with Crippen LogP contribution in [-0.4, -0.2) is 0 Å². The Bertz CT molecular complexity index is 336. The highest BCUT2D eigenvalue weighted by Gasteiger charge is 2.36. The zero-order valence-corrected chi connectivity index (χ0v) is 7.59. The van der Waals surface area contributed by atoms with Crippen LogP contribution in [0.15, 0.2) is 12.1 Å². The van der Waals surface area contributed by atoms with E-state index in [2.05, 4.69) is 12.1 Å². The molecule has 1 aromatic carbocycles. The van der Waals surface area contributed by atoms with Gasteiger partial charge in [-0.15, -0.1) is 0 Å². The van der Waals surface area contributed by atoms with Crippen molar-refractivity contribution >= 4 is 11.4 Å². The van der Waals surface area contributed by atoms with Gasteiger partial charge in [-0.3, -0.25) is 0 Å². The third kappa shape index (κ3) is 0.831. The number of hydrogen-bond donors (Lipinski definition) is 2. The van der Waals surface area contributed by atoms with E-state index in [1.807, 2.05) is 0 Å². The molecule has 2 heteroatoms. The predicted octanol–water partition coefficient (Wildman–Crippen LogP) is 2.22. The van der Waals surface area contributed by atoms with Crippen LogP contribution >= 0.6 is 0 Å². The quantitative estimate of drug-likeness (QED) is 0.592. The van der Waals surface area contributed by atoms with Crippen LogP contribution < -0.4 is 11.5 Å². The van der Waals surface area contributed by atoms with E-state index < -0.39 is 0 Å². The second-order valence-corrected chi connectivity index (χ2v) is 4.32. The largest absolute Gasteiger partial charge is 0.397 e. The first-order valence-corrected chi connectivity index (χ1v) is 4.94. The van der Waals surface area contributed by atoms with Gasteiger partial charge in [0.25, 0.3) is 0 Å². The monoisotopic (exact) mass is 174 g/mol. The van der Waals surface area contributed by atoms with Crippen LogP contribution in [-0.2, 0) is 0 Å². The zero-order chi connectivity index (χ0) is 9.00. The number of nitrogens with two attached hydrogens (primary N) is 2. The van der Waals surface area contributed by atoms with E-state index in [9.17, 15) is 0 Å². The molecule has 0 radical (unpaired) electrons. The Morgan fingerprint density at radius 3 is 1.85 bits per heavy atom. The summed E-state index contributed by atoms with van der Waals surface area (Å²) in [6.07, 6.45) is 4.03. The van der Waals surface area contributed by atoms with Crippen molar-refractivity contribution in [1.29, 1.82) is 0 Å². The molecular weight excluding hydrogens is 160 g/mol. The third-order valence-electron chi connectivity index (χ3n) is 3.60. The van der Waals surface area contributed by atoms with Gasteiger partial charge in [-0.25, -0.2) is 0 Å². The molecule has 0 spiro atoms. The van der Waals surface area contributed by atoms with Crippen LogP contribution in [0.25, 0.3) is 0 Å². The van der Waals surface area contributed by atoms with Gasteiger partial charge in [-0.05, 0) is 54.4 Å². The highest BCUT2D eigenvalue weighted by molar-refractivity contribution is 5.68. The molecule has 0 heterocycles. The van der Waals surface area contributed by atoms with Crippen molar-refractivity contribution in [2.75, 3.05) is 11.5 Å². The zero-order valence-electron chi connectivity index (χ0n) is 7.59. The van der Waals surface area contributed by atoms with Crippen LogP contribution in [0.2, 0.25) is 0 Å². The fourth-order valence-corrected chi connectivity index (χ4v) is 2.92. The minimum absolute atomic E-state index is 0.756. The highest BCUT2D eigenvalue weighted by atomic mass is 14.7. The number of nitrogen functional groups attached to an aromatic ring is 2. The Morgan fingerprint density at radius 1 is 0.923 bits per heavy atom. The molecular formula is C11H14N2. The van der Waals surface area contributed by atoms with Crippen molar-refractivity contribution in [3.8, 4) is 0 Å². The number of anilines is 2. The average molecular weight is 174 g/mol. The van der Waals surface area contributed by atoms with E-state index >= 15 is 0 Å². The lowest BCUT2D eigenvalue weighted by molar-refractivity contribution is 0.718. The molecule has 4 N–H and O–H groups in total. The fourth-order valence-electron chi connectivity index (χ4n) is 2.92. The number of benzene rings is 1. The molecule has 68 valence electrons. The van der Waals surface area contributed by atoms with E-state index in [1.165, 1.54) is 30.4 Å². The summed E-state index contributed by atoms with van der Waals surface area (Å²) in [4.78, 5) is 0. The van der Waals surface area contributed by atoms with Gasteiger partial charge in [0, 0.05) is 0 Å². The minimum Gasteiger partial charge on any atom is -0.397 e. The lowest BCUT2D eigenvalue weighted by atomic mass is 9.91. The Hall–Kier alpha value is -1.18. The first-order valence-electron chi connectivity index (χ1n) is 4.94. The Balaban J connectivity index is 2.22. The van der Waals surface area contributed by atoms with Gasteiger partial charge in [0.05, 0.1) is 11.4 Å². The normalized spacial score (nSPS) is 29.2. The molecule has 13 heavy (non-hydrogen) atoms. The maximum Gasteiger partial charge on any atom is 0.0550 e. The Kier molecular flexibility index (Phi) is 1.22. The van der Waals surface area contributed by atoms with Crippen molar-refractivity contribution in [3.05, 3.63) is 23.3 Å². The molecule has 2 atom stereocenters. The molecule has 0 saturated heterocycles. The smallest absolute Gasteiger partial charge is 0.0550 e. The van der Waals surface area contributed by atoms with Crippen molar-refractivity contribution in [3.63, 3.8) is 0 Å². The van der Waals surface area contributed by atoms with E-state index in [0.717, 1.165) is 23.2 Å². The lowest BCUT2D eigenvalue weighted by Crippen LogP contribution is -2.02. The van der Waals surface area contributed by atoms with Crippen LogP contribution in [0.3, 0.4) is 0 Å². The van der Waals surface area contributed by atoms with Gasteiger partial charge in [-0.1, -0.05) is 0 Å². The Labute approximate surface area is 77.9 Å². The van der Waals surface area contributed by atoms with Crippen LogP contribution in [0.1, 0.15) is 42.2 Å². The second-order valence-electron chi connectivity index (χ2n) is 4.32. The summed E-state index contributed by atoms with van der Waals surface area (Å²) in [5, 5.41) is 0. The summed E-state index contributed by atoms with van der Waals surface area (Å²) in [6, 6.07) is 4.18.